The van der Waals surface area contributed by atoms with Crippen LogP contribution in [0.5, 0.6) is 0 Å². The Morgan fingerprint density at radius 2 is 2.14 bits per heavy atom. The molecule has 1 saturated carbocycles. The average molecular weight is 321 g/mol. The predicted molar refractivity (Wildman–Crippen MR) is 90.4 cm³/mol. The molecule has 2 nitrogen and oxygen atoms in total. The van der Waals surface area contributed by atoms with Crippen LogP contribution in [0, 0.1) is 13.8 Å². The molecule has 1 aliphatic rings. The third-order valence-electron chi connectivity index (χ3n) is 4.00. The monoisotopic (exact) mass is 320 g/mol. The van der Waals surface area contributed by atoms with E-state index in [4.69, 9.17) is 16.6 Å². The first-order valence-electron chi connectivity index (χ1n) is 7.56. The van der Waals surface area contributed by atoms with Crippen LogP contribution in [0.1, 0.15) is 52.5 Å². The molecule has 2 aromatic rings. The zero-order valence-electron chi connectivity index (χ0n) is 12.7. The van der Waals surface area contributed by atoms with Gasteiger partial charge in [-0.25, -0.2) is 4.98 Å². The van der Waals surface area contributed by atoms with E-state index < -0.39 is 0 Å². The minimum absolute atomic E-state index is 0.166. The molecule has 1 N–H and O–H groups in total. The van der Waals surface area contributed by atoms with Crippen molar-refractivity contribution in [2.24, 2.45) is 0 Å². The molecule has 1 aliphatic carbocycles. The Morgan fingerprint density at radius 3 is 2.71 bits per heavy atom. The molecule has 1 atom stereocenters. The Hall–Kier alpha value is -0.900. The van der Waals surface area contributed by atoms with Gasteiger partial charge in [-0.1, -0.05) is 30.7 Å². The van der Waals surface area contributed by atoms with E-state index >= 15 is 0 Å². The van der Waals surface area contributed by atoms with E-state index in [0.717, 1.165) is 22.0 Å². The second-order valence-corrected chi connectivity index (χ2v) is 7.43. The highest BCUT2D eigenvalue weighted by Gasteiger charge is 2.28. The molecule has 0 saturated heterocycles. The summed E-state index contributed by atoms with van der Waals surface area (Å²) in [6.07, 6.45) is 3.52. The third-order valence-corrected chi connectivity index (χ3v) is 5.49. The molecule has 0 amide bonds. The number of hydrogen-bond donors (Lipinski definition) is 1. The molecule has 0 bridgehead atoms. The molecule has 1 aromatic carbocycles. The van der Waals surface area contributed by atoms with Gasteiger partial charge in [-0.3, -0.25) is 0 Å². The molecule has 21 heavy (non-hydrogen) atoms. The van der Waals surface area contributed by atoms with E-state index in [-0.39, 0.29) is 6.04 Å². The Kier molecular flexibility index (Phi) is 4.34. The van der Waals surface area contributed by atoms with Crippen molar-refractivity contribution in [2.75, 3.05) is 0 Å². The maximum atomic E-state index is 6.32. The first kappa shape index (κ1) is 15.0. The van der Waals surface area contributed by atoms with E-state index in [2.05, 4.69) is 37.4 Å². The van der Waals surface area contributed by atoms with Gasteiger partial charge in [-0.05, 0) is 50.3 Å². The molecule has 0 radical (unpaired) electrons. The van der Waals surface area contributed by atoms with Crippen LogP contribution in [0.15, 0.2) is 18.2 Å². The van der Waals surface area contributed by atoms with E-state index in [1.54, 1.807) is 11.3 Å². The van der Waals surface area contributed by atoms with E-state index in [9.17, 15) is 0 Å². The molecule has 0 spiro atoms. The summed E-state index contributed by atoms with van der Waals surface area (Å²) >= 11 is 8.12. The van der Waals surface area contributed by atoms with E-state index in [1.165, 1.54) is 29.0 Å². The molecular formula is C17H21ClN2S. The van der Waals surface area contributed by atoms with Crippen LogP contribution < -0.4 is 5.32 Å². The summed E-state index contributed by atoms with van der Waals surface area (Å²) in [6, 6.07) is 7.15. The first-order chi connectivity index (χ1) is 10.1. The highest BCUT2D eigenvalue weighted by atomic mass is 35.5. The van der Waals surface area contributed by atoms with Crippen molar-refractivity contribution in [3.05, 3.63) is 49.9 Å². The fraction of sp³-hybridized carbons (Fsp3) is 0.471. The van der Waals surface area contributed by atoms with Crippen LogP contribution in [0.4, 0.5) is 0 Å². The zero-order chi connectivity index (χ0) is 15.0. The fourth-order valence-electron chi connectivity index (χ4n) is 2.49. The summed E-state index contributed by atoms with van der Waals surface area (Å²) in [5, 5.41) is 5.72. The van der Waals surface area contributed by atoms with Crippen molar-refractivity contribution in [2.45, 2.75) is 52.1 Å². The van der Waals surface area contributed by atoms with Crippen LogP contribution in [0.2, 0.25) is 5.02 Å². The van der Waals surface area contributed by atoms with Crippen molar-refractivity contribution >= 4 is 22.9 Å². The molecule has 0 aliphatic heterocycles. The molecule has 1 aromatic heterocycles. The predicted octanol–water partition coefficient (Wildman–Crippen LogP) is 4.82. The van der Waals surface area contributed by atoms with Gasteiger partial charge in [-0.2, -0.15) is 0 Å². The van der Waals surface area contributed by atoms with Crippen molar-refractivity contribution in [1.29, 1.82) is 0 Å². The third kappa shape index (κ3) is 3.31. The normalized spacial score (nSPS) is 16.2. The van der Waals surface area contributed by atoms with Crippen LogP contribution in [-0.4, -0.2) is 11.0 Å². The molecule has 3 rings (SSSR count). The second-order valence-electron chi connectivity index (χ2n) is 5.79. The zero-order valence-corrected chi connectivity index (χ0v) is 14.3. The highest BCUT2D eigenvalue weighted by molar-refractivity contribution is 7.11. The van der Waals surface area contributed by atoms with Crippen LogP contribution in [-0.2, 0) is 6.42 Å². The lowest BCUT2D eigenvalue weighted by Gasteiger charge is -2.17. The standard InChI is InChI=1S/C17H21ClN2S/c1-4-15-11(3)21-17(20-15)16(19-13-7-8-13)12-6-5-10(2)14(18)9-12/h5-6,9,13,16,19H,4,7-8H2,1-3H3. The van der Waals surface area contributed by atoms with E-state index in [0.29, 0.717) is 6.04 Å². The van der Waals surface area contributed by atoms with Gasteiger partial charge in [0.15, 0.2) is 0 Å². The molecule has 4 heteroatoms. The summed E-state index contributed by atoms with van der Waals surface area (Å²) in [6.45, 7) is 6.37. The van der Waals surface area contributed by atoms with Crippen LogP contribution in [0.3, 0.4) is 0 Å². The summed E-state index contributed by atoms with van der Waals surface area (Å²) in [4.78, 5) is 6.18. The number of aromatic nitrogens is 1. The minimum Gasteiger partial charge on any atom is -0.301 e. The fourth-order valence-corrected chi connectivity index (χ4v) is 3.77. The van der Waals surface area contributed by atoms with Crippen molar-refractivity contribution < 1.29 is 0 Å². The van der Waals surface area contributed by atoms with Crippen LogP contribution in [0.25, 0.3) is 0 Å². The summed E-state index contributed by atoms with van der Waals surface area (Å²) in [7, 11) is 0. The van der Waals surface area contributed by atoms with Crippen molar-refractivity contribution in [3.8, 4) is 0 Å². The lowest BCUT2D eigenvalue weighted by Crippen LogP contribution is -2.24. The largest absolute Gasteiger partial charge is 0.301 e. The summed E-state index contributed by atoms with van der Waals surface area (Å²) in [5.74, 6) is 0. The quantitative estimate of drug-likeness (QED) is 0.854. The number of thiazole rings is 1. The summed E-state index contributed by atoms with van der Waals surface area (Å²) in [5.41, 5.74) is 3.56. The van der Waals surface area contributed by atoms with Crippen molar-refractivity contribution in [1.82, 2.24) is 10.3 Å². The number of aryl methyl sites for hydroxylation is 3. The first-order valence-corrected chi connectivity index (χ1v) is 8.76. The van der Waals surface area contributed by atoms with Gasteiger partial charge in [0.2, 0.25) is 0 Å². The number of nitrogens with one attached hydrogen (secondary N) is 1. The molecule has 112 valence electrons. The van der Waals surface area contributed by atoms with Gasteiger partial charge in [0.05, 0.1) is 11.7 Å². The Morgan fingerprint density at radius 1 is 1.38 bits per heavy atom. The van der Waals surface area contributed by atoms with Crippen molar-refractivity contribution in [3.63, 3.8) is 0 Å². The smallest absolute Gasteiger partial charge is 0.115 e. The van der Waals surface area contributed by atoms with Gasteiger partial charge in [0, 0.05) is 15.9 Å². The minimum atomic E-state index is 0.166. The molecule has 1 heterocycles. The van der Waals surface area contributed by atoms with Gasteiger partial charge in [0.25, 0.3) is 0 Å². The number of halogens is 1. The second kappa shape index (κ2) is 6.07. The Balaban J connectivity index is 1.97. The number of benzene rings is 1. The van der Waals surface area contributed by atoms with E-state index in [1.807, 2.05) is 6.92 Å². The number of rotatable bonds is 5. The SMILES string of the molecule is CCc1nc(C(NC2CC2)c2ccc(C)c(Cl)c2)sc1C. The molecule has 1 unspecified atom stereocenters. The number of hydrogen-bond acceptors (Lipinski definition) is 3. The van der Waals surface area contributed by atoms with Gasteiger partial charge in [-0.15, -0.1) is 11.3 Å². The van der Waals surface area contributed by atoms with Gasteiger partial charge in [0.1, 0.15) is 5.01 Å². The highest BCUT2D eigenvalue weighted by Crippen LogP contribution is 2.33. The average Bonchev–Trinajstić information content (AvgIpc) is 3.21. The maximum absolute atomic E-state index is 6.32. The van der Waals surface area contributed by atoms with Gasteiger partial charge >= 0.3 is 0 Å². The number of nitrogens with zero attached hydrogens (tertiary/aromatic N) is 1. The van der Waals surface area contributed by atoms with Crippen LogP contribution >= 0.6 is 22.9 Å². The Bertz CT molecular complexity index is 646. The van der Waals surface area contributed by atoms with Gasteiger partial charge < -0.3 is 5.32 Å². The topological polar surface area (TPSA) is 24.9 Å². The molecular weight excluding hydrogens is 300 g/mol. The Labute approximate surface area is 135 Å². The lowest BCUT2D eigenvalue weighted by molar-refractivity contribution is 0.596. The molecule has 1 fully saturated rings. The maximum Gasteiger partial charge on any atom is 0.115 e. The lowest BCUT2D eigenvalue weighted by atomic mass is 10.1. The summed E-state index contributed by atoms with van der Waals surface area (Å²) < 4.78 is 0.